The van der Waals surface area contributed by atoms with Crippen LogP contribution >= 0.6 is 15.9 Å². The van der Waals surface area contributed by atoms with E-state index >= 15 is 0 Å². The van der Waals surface area contributed by atoms with Crippen LogP contribution in [-0.4, -0.2) is 17.0 Å². The van der Waals surface area contributed by atoms with Crippen molar-refractivity contribution in [3.8, 4) is 5.75 Å². The topological polar surface area (TPSA) is 77.3 Å². The molecular formula is C14H14BrN3O3. The molecular weight excluding hydrogens is 338 g/mol. The average Bonchev–Trinajstić information content (AvgIpc) is 2.48. The van der Waals surface area contributed by atoms with Gasteiger partial charge in [0.05, 0.1) is 16.8 Å². The van der Waals surface area contributed by atoms with Crippen molar-refractivity contribution in [3.63, 3.8) is 0 Å². The van der Waals surface area contributed by atoms with Crippen LogP contribution in [0.4, 0.5) is 5.69 Å². The van der Waals surface area contributed by atoms with Crippen LogP contribution in [0, 0.1) is 10.1 Å². The highest BCUT2D eigenvalue weighted by atomic mass is 79.9. The highest BCUT2D eigenvalue weighted by Crippen LogP contribution is 2.29. The maximum Gasteiger partial charge on any atom is 0.283 e. The summed E-state index contributed by atoms with van der Waals surface area (Å²) in [6.45, 7) is 0.923. The lowest BCUT2D eigenvalue weighted by Crippen LogP contribution is -2.06. The molecule has 1 heterocycles. The summed E-state index contributed by atoms with van der Waals surface area (Å²) in [7, 11) is 1.85. The summed E-state index contributed by atoms with van der Waals surface area (Å²) < 4.78 is 6.04. The quantitative estimate of drug-likeness (QED) is 0.639. The molecule has 110 valence electrons. The summed E-state index contributed by atoms with van der Waals surface area (Å²) in [5.74, 6) is 0.619. The molecule has 21 heavy (non-hydrogen) atoms. The summed E-state index contributed by atoms with van der Waals surface area (Å²) in [4.78, 5) is 14.7. The third-order valence-corrected chi connectivity index (χ3v) is 3.72. The maximum absolute atomic E-state index is 10.9. The third-order valence-electron chi connectivity index (χ3n) is 2.80. The van der Waals surface area contributed by atoms with Crippen molar-refractivity contribution >= 4 is 21.6 Å². The van der Waals surface area contributed by atoms with Crippen LogP contribution < -0.4 is 10.1 Å². The van der Waals surface area contributed by atoms with Crippen molar-refractivity contribution in [2.45, 2.75) is 13.2 Å². The van der Waals surface area contributed by atoms with E-state index in [0.717, 1.165) is 5.69 Å². The molecule has 0 spiro atoms. The van der Waals surface area contributed by atoms with E-state index in [1.165, 1.54) is 6.07 Å². The number of pyridine rings is 1. The molecule has 0 fully saturated rings. The van der Waals surface area contributed by atoms with Crippen LogP contribution in [-0.2, 0) is 13.2 Å². The Morgan fingerprint density at radius 1 is 1.38 bits per heavy atom. The summed E-state index contributed by atoms with van der Waals surface area (Å²) in [5.41, 5.74) is 1.66. The predicted molar refractivity (Wildman–Crippen MR) is 82.1 cm³/mol. The number of ether oxygens (including phenoxy) is 1. The number of halogens is 1. The van der Waals surface area contributed by atoms with Gasteiger partial charge in [0.2, 0.25) is 0 Å². The van der Waals surface area contributed by atoms with E-state index in [1.807, 2.05) is 19.2 Å². The number of nitrogens with zero attached hydrogens (tertiary/aromatic N) is 2. The van der Waals surface area contributed by atoms with Gasteiger partial charge in [0.25, 0.3) is 5.69 Å². The van der Waals surface area contributed by atoms with E-state index in [2.05, 4.69) is 26.2 Å². The van der Waals surface area contributed by atoms with Crippen LogP contribution in [0.1, 0.15) is 11.3 Å². The van der Waals surface area contributed by atoms with E-state index in [0.29, 0.717) is 22.3 Å². The lowest BCUT2D eigenvalue weighted by atomic mass is 10.2. The molecule has 2 aromatic rings. The fraction of sp³-hybridized carbons (Fsp3) is 0.214. The molecule has 0 radical (unpaired) electrons. The van der Waals surface area contributed by atoms with Gasteiger partial charge in [-0.05, 0) is 35.1 Å². The Kier molecular flexibility index (Phi) is 5.24. The monoisotopic (exact) mass is 351 g/mol. The normalized spacial score (nSPS) is 10.4. The zero-order chi connectivity index (χ0) is 15.2. The minimum Gasteiger partial charge on any atom is -0.487 e. The number of aromatic nitrogens is 1. The highest BCUT2D eigenvalue weighted by molar-refractivity contribution is 9.10. The Bertz CT molecular complexity index is 632. The van der Waals surface area contributed by atoms with Gasteiger partial charge in [-0.2, -0.15) is 0 Å². The number of hydrogen-bond donors (Lipinski definition) is 1. The van der Waals surface area contributed by atoms with Gasteiger partial charge >= 0.3 is 0 Å². The first-order valence-electron chi connectivity index (χ1n) is 6.26. The molecule has 0 aliphatic rings. The number of rotatable bonds is 6. The lowest BCUT2D eigenvalue weighted by molar-refractivity contribution is -0.385. The number of hydrogen-bond acceptors (Lipinski definition) is 5. The molecule has 1 aromatic carbocycles. The SMILES string of the molecule is CNCc1ccc(OCc2cccc([N+](=O)[O-])c2Br)cn1. The Balaban J connectivity index is 2.06. The Hall–Kier alpha value is -1.99. The van der Waals surface area contributed by atoms with Crippen molar-refractivity contribution in [1.29, 1.82) is 0 Å². The third kappa shape index (κ3) is 3.99. The van der Waals surface area contributed by atoms with Gasteiger partial charge in [-0.15, -0.1) is 0 Å². The fourth-order valence-electron chi connectivity index (χ4n) is 1.76. The maximum atomic E-state index is 10.9. The molecule has 2 rings (SSSR count). The standard InChI is InChI=1S/C14H14BrN3O3/c1-16-7-11-5-6-12(8-17-11)21-9-10-3-2-4-13(14(10)15)18(19)20/h2-6,8,16H,7,9H2,1H3. The lowest BCUT2D eigenvalue weighted by Gasteiger charge is -2.08. The summed E-state index contributed by atoms with van der Waals surface area (Å²) in [6, 6.07) is 8.55. The van der Waals surface area contributed by atoms with Gasteiger partial charge in [-0.25, -0.2) is 0 Å². The van der Waals surface area contributed by atoms with Gasteiger partial charge in [0, 0.05) is 18.2 Å². The average molecular weight is 352 g/mol. The van der Waals surface area contributed by atoms with Crippen LogP contribution in [0.25, 0.3) is 0 Å². The first-order valence-corrected chi connectivity index (χ1v) is 7.05. The van der Waals surface area contributed by atoms with E-state index in [1.54, 1.807) is 18.3 Å². The zero-order valence-electron chi connectivity index (χ0n) is 11.4. The van der Waals surface area contributed by atoms with Gasteiger partial charge in [-0.1, -0.05) is 12.1 Å². The van der Waals surface area contributed by atoms with Gasteiger partial charge in [0.15, 0.2) is 0 Å². The molecule has 0 amide bonds. The fourth-order valence-corrected chi connectivity index (χ4v) is 2.29. The van der Waals surface area contributed by atoms with Crippen molar-refractivity contribution < 1.29 is 9.66 Å². The highest BCUT2D eigenvalue weighted by Gasteiger charge is 2.14. The first-order chi connectivity index (χ1) is 10.1. The molecule has 0 aliphatic carbocycles. The molecule has 0 saturated heterocycles. The van der Waals surface area contributed by atoms with E-state index in [-0.39, 0.29) is 12.3 Å². The number of nitro groups is 1. The van der Waals surface area contributed by atoms with Gasteiger partial charge in [0.1, 0.15) is 16.8 Å². The van der Waals surface area contributed by atoms with Crippen LogP contribution in [0.5, 0.6) is 5.75 Å². The van der Waals surface area contributed by atoms with E-state index in [9.17, 15) is 10.1 Å². The minimum absolute atomic E-state index is 0.0265. The Morgan fingerprint density at radius 2 is 2.19 bits per heavy atom. The summed E-state index contributed by atoms with van der Waals surface area (Å²) in [6.07, 6.45) is 1.64. The molecule has 0 aliphatic heterocycles. The predicted octanol–water partition coefficient (Wildman–Crippen LogP) is 3.05. The largest absolute Gasteiger partial charge is 0.487 e. The zero-order valence-corrected chi connectivity index (χ0v) is 13.0. The summed E-state index contributed by atoms with van der Waals surface area (Å²) >= 11 is 3.24. The van der Waals surface area contributed by atoms with Gasteiger partial charge in [-0.3, -0.25) is 15.1 Å². The second kappa shape index (κ2) is 7.14. The van der Waals surface area contributed by atoms with Crippen LogP contribution in [0.15, 0.2) is 41.0 Å². The van der Waals surface area contributed by atoms with Crippen LogP contribution in [0.2, 0.25) is 0 Å². The van der Waals surface area contributed by atoms with Crippen molar-refractivity contribution in [2.24, 2.45) is 0 Å². The smallest absolute Gasteiger partial charge is 0.283 e. The number of nitrogens with one attached hydrogen (secondary N) is 1. The number of nitro benzene ring substituents is 1. The second-order valence-electron chi connectivity index (χ2n) is 4.31. The van der Waals surface area contributed by atoms with E-state index < -0.39 is 4.92 Å². The molecule has 0 atom stereocenters. The first kappa shape index (κ1) is 15.4. The Labute approximate surface area is 130 Å². The molecule has 0 bridgehead atoms. The minimum atomic E-state index is -0.429. The molecule has 0 unspecified atom stereocenters. The molecule has 6 nitrogen and oxygen atoms in total. The molecule has 1 N–H and O–H groups in total. The molecule has 7 heteroatoms. The number of benzene rings is 1. The van der Waals surface area contributed by atoms with Crippen molar-refractivity contribution in [1.82, 2.24) is 10.3 Å². The van der Waals surface area contributed by atoms with Gasteiger partial charge < -0.3 is 10.1 Å². The molecule has 0 saturated carbocycles. The van der Waals surface area contributed by atoms with Crippen molar-refractivity contribution in [2.75, 3.05) is 7.05 Å². The van der Waals surface area contributed by atoms with Crippen molar-refractivity contribution in [3.05, 3.63) is 62.4 Å². The molecule has 1 aromatic heterocycles. The summed E-state index contributed by atoms with van der Waals surface area (Å²) in [5, 5.41) is 13.9. The van der Waals surface area contributed by atoms with Crippen LogP contribution in [0.3, 0.4) is 0 Å². The Morgan fingerprint density at radius 3 is 2.81 bits per heavy atom. The van der Waals surface area contributed by atoms with E-state index in [4.69, 9.17) is 4.74 Å². The second-order valence-corrected chi connectivity index (χ2v) is 5.10.